The van der Waals surface area contributed by atoms with Gasteiger partial charge in [0, 0.05) is 24.2 Å². The van der Waals surface area contributed by atoms with Gasteiger partial charge >= 0.3 is 0 Å². The van der Waals surface area contributed by atoms with Crippen molar-refractivity contribution in [3.8, 4) is 11.5 Å². The summed E-state index contributed by atoms with van der Waals surface area (Å²) in [5.41, 5.74) is 4.21. The lowest BCUT2D eigenvalue weighted by Gasteiger charge is -2.25. The quantitative estimate of drug-likeness (QED) is 0.360. The molecule has 0 fully saturated rings. The maximum absolute atomic E-state index is 13.5. The van der Waals surface area contributed by atoms with Crippen molar-refractivity contribution in [3.05, 3.63) is 83.4 Å². The third-order valence-electron chi connectivity index (χ3n) is 7.31. The van der Waals surface area contributed by atoms with Gasteiger partial charge in [0.05, 0.1) is 11.4 Å². The first-order valence-electron chi connectivity index (χ1n) is 14.1. The zero-order chi connectivity index (χ0) is 29.9. The smallest absolute Gasteiger partial charge is 0.259 e. The second-order valence-corrected chi connectivity index (χ2v) is 11.6. The standard InChI is InChI=1S/C32H31N5O5S/c1-19(2)21-8-10-22(11-9-21)34-29(39)17-43-32-36-24-6-4-3-5-23(24)30-35-25(31(40)37(30)32)12-14-28(38)33-16-20-7-13-26-27(15-20)42-18-41-26/h3-11,13,15,19,25H,12,14,16-18H2,1-2H3,(H,33,38)(H,34,39)/t25-/m1/s1. The zero-order valence-electron chi connectivity index (χ0n) is 23.8. The van der Waals surface area contributed by atoms with E-state index in [0.29, 0.717) is 46.3 Å². The fourth-order valence-electron chi connectivity index (χ4n) is 4.97. The molecule has 3 amide bonds. The predicted molar refractivity (Wildman–Crippen MR) is 166 cm³/mol. The van der Waals surface area contributed by atoms with Crippen LogP contribution in [-0.2, 0) is 20.9 Å². The number of nitrogens with zero attached hydrogens (tertiary/aromatic N) is 3. The van der Waals surface area contributed by atoms with Gasteiger partial charge < -0.3 is 20.1 Å². The number of para-hydroxylation sites is 1. The summed E-state index contributed by atoms with van der Waals surface area (Å²) in [5.74, 6) is 1.66. The molecule has 43 heavy (non-hydrogen) atoms. The molecule has 6 rings (SSSR count). The molecule has 0 bridgehead atoms. The Morgan fingerprint density at radius 1 is 1.02 bits per heavy atom. The van der Waals surface area contributed by atoms with Crippen LogP contribution in [0.4, 0.5) is 11.4 Å². The average molecular weight is 598 g/mol. The van der Waals surface area contributed by atoms with E-state index in [-0.39, 0.29) is 43.1 Å². The summed E-state index contributed by atoms with van der Waals surface area (Å²) in [7, 11) is 0. The SMILES string of the molecule is CC(C)c1ccc(NC(=O)CSC2=Nc3ccccc3C3=N[C@H](CCC(=O)NCc4ccc5c(c4)OCO5)C(=O)N23)cc1. The Balaban J connectivity index is 1.07. The summed E-state index contributed by atoms with van der Waals surface area (Å²) in [6.07, 6.45) is 0.379. The van der Waals surface area contributed by atoms with Gasteiger partial charge in [0.2, 0.25) is 18.6 Å². The fourth-order valence-corrected chi connectivity index (χ4v) is 5.77. The summed E-state index contributed by atoms with van der Waals surface area (Å²) < 4.78 is 10.7. The van der Waals surface area contributed by atoms with Gasteiger partial charge in [-0.2, -0.15) is 0 Å². The Labute approximate surface area is 253 Å². The monoisotopic (exact) mass is 597 g/mol. The molecule has 0 aliphatic carbocycles. The number of hydrogen-bond donors (Lipinski definition) is 2. The van der Waals surface area contributed by atoms with Crippen LogP contribution < -0.4 is 20.1 Å². The van der Waals surface area contributed by atoms with Gasteiger partial charge in [0.1, 0.15) is 11.9 Å². The number of carbonyl (C=O) groups is 3. The number of fused-ring (bicyclic) bond motifs is 4. The molecule has 0 spiro atoms. The average Bonchev–Trinajstić information content (AvgIpc) is 3.62. The Kier molecular flexibility index (Phi) is 8.15. The molecule has 3 aromatic carbocycles. The molecule has 0 saturated carbocycles. The van der Waals surface area contributed by atoms with Crippen LogP contribution in [0.25, 0.3) is 0 Å². The van der Waals surface area contributed by atoms with Crippen LogP contribution in [0.3, 0.4) is 0 Å². The summed E-state index contributed by atoms with van der Waals surface area (Å²) in [6, 6.07) is 20.0. The predicted octanol–water partition coefficient (Wildman–Crippen LogP) is 4.97. The molecule has 3 heterocycles. The summed E-state index contributed by atoms with van der Waals surface area (Å²) in [4.78, 5) is 49.9. The van der Waals surface area contributed by atoms with Crippen molar-refractivity contribution in [2.24, 2.45) is 9.98 Å². The minimum atomic E-state index is -0.725. The third kappa shape index (κ3) is 6.26. The Morgan fingerprint density at radius 2 is 1.81 bits per heavy atom. The Bertz CT molecular complexity index is 1640. The molecular weight excluding hydrogens is 566 g/mol. The van der Waals surface area contributed by atoms with Crippen LogP contribution in [0, 0.1) is 0 Å². The largest absolute Gasteiger partial charge is 0.454 e. The summed E-state index contributed by atoms with van der Waals surface area (Å²) in [5, 5.41) is 6.20. The van der Waals surface area contributed by atoms with Crippen LogP contribution in [0.1, 0.15) is 49.3 Å². The maximum Gasteiger partial charge on any atom is 0.259 e. The van der Waals surface area contributed by atoms with Crippen LogP contribution >= 0.6 is 11.8 Å². The lowest BCUT2D eigenvalue weighted by molar-refractivity contribution is -0.125. The number of nitrogens with one attached hydrogen (secondary N) is 2. The number of benzene rings is 3. The molecule has 0 unspecified atom stereocenters. The molecule has 0 saturated heterocycles. The molecule has 1 atom stereocenters. The Hall–Kier alpha value is -4.64. The van der Waals surface area contributed by atoms with Crippen molar-refractivity contribution in [2.45, 2.75) is 45.2 Å². The van der Waals surface area contributed by atoms with Gasteiger partial charge in [0.25, 0.3) is 5.91 Å². The number of thioether (sulfide) groups is 1. The Morgan fingerprint density at radius 3 is 2.63 bits per heavy atom. The molecule has 11 heteroatoms. The second kappa shape index (κ2) is 12.3. The van der Waals surface area contributed by atoms with E-state index in [1.165, 1.54) is 22.2 Å². The van der Waals surface area contributed by atoms with Crippen molar-refractivity contribution in [1.29, 1.82) is 0 Å². The highest BCUT2D eigenvalue weighted by molar-refractivity contribution is 8.14. The number of anilines is 1. The minimum absolute atomic E-state index is 0.0664. The number of amidine groups is 2. The molecule has 220 valence electrons. The van der Waals surface area contributed by atoms with Gasteiger partial charge in [-0.1, -0.05) is 55.9 Å². The van der Waals surface area contributed by atoms with E-state index < -0.39 is 6.04 Å². The van der Waals surface area contributed by atoms with E-state index in [1.807, 2.05) is 66.7 Å². The van der Waals surface area contributed by atoms with E-state index in [2.05, 4.69) is 24.5 Å². The van der Waals surface area contributed by atoms with Crippen molar-refractivity contribution < 1.29 is 23.9 Å². The number of ether oxygens (including phenoxy) is 2. The summed E-state index contributed by atoms with van der Waals surface area (Å²) in [6.45, 7) is 4.76. The molecular formula is C32H31N5O5S. The minimum Gasteiger partial charge on any atom is -0.454 e. The number of carbonyl (C=O) groups excluding carboxylic acids is 3. The van der Waals surface area contributed by atoms with E-state index in [1.54, 1.807) is 0 Å². The topological polar surface area (TPSA) is 122 Å². The van der Waals surface area contributed by atoms with Gasteiger partial charge in [0.15, 0.2) is 16.7 Å². The van der Waals surface area contributed by atoms with Crippen LogP contribution in [-0.4, -0.2) is 52.2 Å². The van der Waals surface area contributed by atoms with Crippen LogP contribution in [0.15, 0.2) is 76.7 Å². The highest BCUT2D eigenvalue weighted by Crippen LogP contribution is 2.35. The van der Waals surface area contributed by atoms with Crippen molar-refractivity contribution in [1.82, 2.24) is 10.2 Å². The number of rotatable bonds is 9. The fraction of sp³-hybridized carbons (Fsp3) is 0.281. The van der Waals surface area contributed by atoms with Crippen LogP contribution in [0.5, 0.6) is 11.5 Å². The van der Waals surface area contributed by atoms with E-state index in [0.717, 1.165) is 11.1 Å². The molecule has 2 N–H and O–H groups in total. The van der Waals surface area contributed by atoms with E-state index in [4.69, 9.17) is 19.5 Å². The molecule has 10 nitrogen and oxygen atoms in total. The molecule has 3 aliphatic rings. The van der Waals surface area contributed by atoms with Gasteiger partial charge in [-0.25, -0.2) is 9.89 Å². The molecule has 0 aromatic heterocycles. The van der Waals surface area contributed by atoms with Gasteiger partial charge in [-0.15, -0.1) is 0 Å². The first kappa shape index (κ1) is 28.5. The zero-order valence-corrected chi connectivity index (χ0v) is 24.6. The van der Waals surface area contributed by atoms with E-state index in [9.17, 15) is 14.4 Å². The van der Waals surface area contributed by atoms with Gasteiger partial charge in [-0.3, -0.25) is 19.4 Å². The maximum atomic E-state index is 13.5. The molecule has 0 radical (unpaired) electrons. The molecule has 3 aromatic rings. The first-order chi connectivity index (χ1) is 20.9. The first-order valence-corrected chi connectivity index (χ1v) is 15.1. The number of hydrogen-bond acceptors (Lipinski definition) is 8. The lowest BCUT2D eigenvalue weighted by atomic mass is 10.0. The van der Waals surface area contributed by atoms with Crippen LogP contribution in [0.2, 0.25) is 0 Å². The summed E-state index contributed by atoms with van der Waals surface area (Å²) >= 11 is 1.18. The number of amides is 3. The van der Waals surface area contributed by atoms with Crippen molar-refractivity contribution >= 4 is 51.9 Å². The normalized spacial score (nSPS) is 16.4. The lowest BCUT2D eigenvalue weighted by Crippen LogP contribution is -2.41. The third-order valence-corrected chi connectivity index (χ3v) is 8.25. The highest BCUT2D eigenvalue weighted by Gasteiger charge is 2.41. The van der Waals surface area contributed by atoms with Crippen molar-refractivity contribution in [3.63, 3.8) is 0 Å². The second-order valence-electron chi connectivity index (χ2n) is 10.7. The van der Waals surface area contributed by atoms with E-state index >= 15 is 0 Å². The highest BCUT2D eigenvalue weighted by atomic mass is 32.2. The van der Waals surface area contributed by atoms with Crippen molar-refractivity contribution in [2.75, 3.05) is 17.9 Å². The molecule has 3 aliphatic heterocycles. The van der Waals surface area contributed by atoms with Gasteiger partial charge in [-0.05, 0) is 59.9 Å². The number of aliphatic imine (C=N–C) groups is 2.